The van der Waals surface area contributed by atoms with Crippen molar-refractivity contribution in [1.82, 2.24) is 0 Å². The number of methoxy groups -OCH3 is 1. The minimum Gasteiger partial charge on any atom is -0.465 e. The Morgan fingerprint density at radius 3 is 2.61 bits per heavy atom. The quantitative estimate of drug-likeness (QED) is 0.633. The van der Waals surface area contributed by atoms with Crippen LogP contribution in [0.1, 0.15) is 28.4 Å². The molecule has 0 unspecified atom stereocenters. The number of rotatable bonds is 6. The predicted molar refractivity (Wildman–Crippen MR) is 95.5 cm³/mol. The maximum Gasteiger partial charge on any atom is 0.337 e. The Balaban J connectivity index is 2.13. The van der Waals surface area contributed by atoms with Crippen molar-refractivity contribution in [1.29, 1.82) is 0 Å². The lowest BCUT2D eigenvalue weighted by atomic mass is 10.1. The molecule has 4 heteroatoms. The van der Waals surface area contributed by atoms with Gasteiger partial charge in [0, 0.05) is 12.1 Å². The largest absolute Gasteiger partial charge is 0.465 e. The number of hydrogen-bond donors (Lipinski definition) is 1. The maximum absolute atomic E-state index is 11.4. The molecule has 0 aliphatic heterocycles. The van der Waals surface area contributed by atoms with E-state index in [0.717, 1.165) is 22.5 Å². The Morgan fingerprint density at radius 1 is 1.26 bits per heavy atom. The van der Waals surface area contributed by atoms with Crippen molar-refractivity contribution in [2.24, 2.45) is 4.99 Å². The lowest BCUT2D eigenvalue weighted by Crippen LogP contribution is -2.03. The number of anilines is 1. The van der Waals surface area contributed by atoms with Gasteiger partial charge < -0.3 is 10.1 Å². The predicted octanol–water partition coefficient (Wildman–Crippen LogP) is 4.45. The third-order valence-corrected chi connectivity index (χ3v) is 3.43. The molecule has 0 bridgehead atoms. The standard InChI is InChI=1S/C19H20N2O2/c1-4-6-15-7-5-8-17(18(15)20-2)21-13-14-9-11-16(12-10-14)19(22)23-3/h4-12,21H,2,13H2,1,3H3/b6-4-. The van der Waals surface area contributed by atoms with E-state index in [1.165, 1.54) is 7.11 Å². The molecule has 0 saturated heterocycles. The van der Waals surface area contributed by atoms with Gasteiger partial charge in [-0.25, -0.2) is 4.79 Å². The van der Waals surface area contributed by atoms with Crippen LogP contribution >= 0.6 is 0 Å². The first-order valence-corrected chi connectivity index (χ1v) is 7.33. The van der Waals surface area contributed by atoms with Crippen molar-refractivity contribution < 1.29 is 9.53 Å². The third kappa shape index (κ3) is 4.07. The lowest BCUT2D eigenvalue weighted by molar-refractivity contribution is 0.0600. The number of nitrogens with one attached hydrogen (secondary N) is 1. The highest BCUT2D eigenvalue weighted by molar-refractivity contribution is 5.89. The third-order valence-electron chi connectivity index (χ3n) is 3.43. The number of ether oxygens (including phenoxy) is 1. The van der Waals surface area contributed by atoms with Gasteiger partial charge in [0.15, 0.2) is 0 Å². The van der Waals surface area contributed by atoms with Crippen LogP contribution in [0.4, 0.5) is 11.4 Å². The first kappa shape index (κ1) is 16.5. The Bertz CT molecular complexity index is 719. The number of benzene rings is 2. The Hall–Kier alpha value is -2.88. The van der Waals surface area contributed by atoms with Gasteiger partial charge in [0.05, 0.1) is 24.0 Å². The summed E-state index contributed by atoms with van der Waals surface area (Å²) in [6.07, 6.45) is 3.97. The van der Waals surface area contributed by atoms with Crippen LogP contribution in [0.2, 0.25) is 0 Å². The van der Waals surface area contributed by atoms with Gasteiger partial charge in [0.2, 0.25) is 0 Å². The summed E-state index contributed by atoms with van der Waals surface area (Å²) in [4.78, 5) is 15.5. The van der Waals surface area contributed by atoms with Crippen LogP contribution in [0.25, 0.3) is 6.08 Å². The average molecular weight is 308 g/mol. The molecule has 0 fully saturated rings. The van der Waals surface area contributed by atoms with Gasteiger partial charge in [-0.05, 0) is 37.4 Å². The minimum absolute atomic E-state index is 0.332. The number of para-hydroxylation sites is 1. The molecule has 0 aliphatic rings. The van der Waals surface area contributed by atoms with E-state index in [2.05, 4.69) is 17.0 Å². The van der Waals surface area contributed by atoms with Crippen molar-refractivity contribution in [2.45, 2.75) is 13.5 Å². The summed E-state index contributed by atoms with van der Waals surface area (Å²) in [6.45, 7) is 6.25. The van der Waals surface area contributed by atoms with Crippen molar-refractivity contribution >= 4 is 30.1 Å². The van der Waals surface area contributed by atoms with E-state index in [0.29, 0.717) is 12.1 Å². The lowest BCUT2D eigenvalue weighted by Gasteiger charge is -2.11. The normalized spacial score (nSPS) is 10.5. The molecule has 2 aromatic rings. The SMILES string of the molecule is C=Nc1c(/C=C\C)cccc1NCc1ccc(C(=O)OC)cc1. The summed E-state index contributed by atoms with van der Waals surface area (Å²) in [6, 6.07) is 13.3. The Labute approximate surface area is 136 Å². The van der Waals surface area contributed by atoms with Crippen LogP contribution in [-0.2, 0) is 11.3 Å². The van der Waals surface area contributed by atoms with Gasteiger partial charge in [-0.2, -0.15) is 0 Å². The van der Waals surface area contributed by atoms with Crippen LogP contribution in [0, 0.1) is 0 Å². The van der Waals surface area contributed by atoms with Crippen LogP contribution in [0.3, 0.4) is 0 Å². The van der Waals surface area contributed by atoms with E-state index < -0.39 is 0 Å². The molecule has 0 aliphatic carbocycles. The van der Waals surface area contributed by atoms with Crippen molar-refractivity contribution in [3.8, 4) is 0 Å². The smallest absolute Gasteiger partial charge is 0.337 e. The molecule has 1 N–H and O–H groups in total. The zero-order chi connectivity index (χ0) is 16.7. The Morgan fingerprint density at radius 2 is 2.00 bits per heavy atom. The fourth-order valence-electron chi connectivity index (χ4n) is 2.27. The van der Waals surface area contributed by atoms with Crippen LogP contribution in [-0.4, -0.2) is 19.8 Å². The topological polar surface area (TPSA) is 50.7 Å². The summed E-state index contributed by atoms with van der Waals surface area (Å²) in [7, 11) is 1.37. The van der Waals surface area contributed by atoms with Crippen molar-refractivity contribution in [2.75, 3.05) is 12.4 Å². The number of esters is 1. The van der Waals surface area contributed by atoms with Gasteiger partial charge in [-0.1, -0.05) is 36.4 Å². The second-order valence-electron chi connectivity index (χ2n) is 4.94. The summed E-state index contributed by atoms with van der Waals surface area (Å²) in [5, 5.41) is 3.36. The van der Waals surface area contributed by atoms with Gasteiger partial charge in [0.1, 0.15) is 0 Å². The molecule has 0 atom stereocenters. The molecule has 2 rings (SSSR count). The molecule has 0 spiro atoms. The van der Waals surface area contributed by atoms with Gasteiger partial charge >= 0.3 is 5.97 Å². The fourth-order valence-corrected chi connectivity index (χ4v) is 2.27. The fraction of sp³-hybridized carbons (Fsp3) is 0.158. The summed E-state index contributed by atoms with van der Waals surface area (Å²) in [5.41, 5.74) is 4.38. The van der Waals surface area contributed by atoms with E-state index in [-0.39, 0.29) is 5.97 Å². The molecule has 4 nitrogen and oxygen atoms in total. The van der Waals surface area contributed by atoms with E-state index in [1.807, 2.05) is 49.4 Å². The highest BCUT2D eigenvalue weighted by Gasteiger charge is 2.06. The number of nitrogens with zero attached hydrogens (tertiary/aromatic N) is 1. The van der Waals surface area contributed by atoms with Crippen molar-refractivity contribution in [3.05, 3.63) is 65.2 Å². The molecule has 0 heterocycles. The molecule has 0 radical (unpaired) electrons. The molecule has 0 saturated carbocycles. The Kier molecular flexibility index (Phi) is 5.69. The molecular weight excluding hydrogens is 288 g/mol. The molecule has 0 aromatic heterocycles. The van der Waals surface area contributed by atoms with E-state index >= 15 is 0 Å². The summed E-state index contributed by atoms with van der Waals surface area (Å²) < 4.78 is 4.69. The number of carbonyl (C=O) groups is 1. The number of hydrogen-bond acceptors (Lipinski definition) is 4. The molecule has 118 valence electrons. The zero-order valence-electron chi connectivity index (χ0n) is 13.4. The maximum atomic E-state index is 11.4. The second kappa shape index (κ2) is 7.94. The number of aliphatic imine (C=N–C) groups is 1. The molecule has 2 aromatic carbocycles. The second-order valence-corrected chi connectivity index (χ2v) is 4.94. The zero-order valence-corrected chi connectivity index (χ0v) is 13.4. The minimum atomic E-state index is -0.332. The van der Waals surface area contributed by atoms with Crippen LogP contribution in [0.5, 0.6) is 0 Å². The van der Waals surface area contributed by atoms with E-state index in [4.69, 9.17) is 4.74 Å². The van der Waals surface area contributed by atoms with Gasteiger partial charge in [-0.3, -0.25) is 4.99 Å². The highest BCUT2D eigenvalue weighted by atomic mass is 16.5. The number of allylic oxidation sites excluding steroid dienone is 1. The van der Waals surface area contributed by atoms with Gasteiger partial charge in [-0.15, -0.1) is 0 Å². The first-order chi connectivity index (χ1) is 11.2. The molecule has 0 amide bonds. The monoisotopic (exact) mass is 308 g/mol. The number of carbonyl (C=O) groups excluding carboxylic acids is 1. The van der Waals surface area contributed by atoms with Crippen molar-refractivity contribution in [3.63, 3.8) is 0 Å². The van der Waals surface area contributed by atoms with Crippen LogP contribution < -0.4 is 5.32 Å². The summed E-state index contributed by atoms with van der Waals surface area (Å²) >= 11 is 0. The first-order valence-electron chi connectivity index (χ1n) is 7.33. The van der Waals surface area contributed by atoms with E-state index in [1.54, 1.807) is 12.1 Å². The average Bonchev–Trinajstić information content (AvgIpc) is 2.60. The van der Waals surface area contributed by atoms with Gasteiger partial charge in [0.25, 0.3) is 0 Å². The van der Waals surface area contributed by atoms with Crippen LogP contribution in [0.15, 0.2) is 53.5 Å². The molecule has 23 heavy (non-hydrogen) atoms. The highest BCUT2D eigenvalue weighted by Crippen LogP contribution is 2.30. The molecular formula is C19H20N2O2. The van der Waals surface area contributed by atoms with E-state index in [9.17, 15) is 4.79 Å². The summed E-state index contributed by atoms with van der Waals surface area (Å²) in [5.74, 6) is -0.332.